The summed E-state index contributed by atoms with van der Waals surface area (Å²) in [5, 5.41) is 0. The highest BCUT2D eigenvalue weighted by Gasteiger charge is 2.28. The van der Waals surface area contributed by atoms with Crippen molar-refractivity contribution in [3.8, 4) is 11.5 Å². The molecule has 1 saturated heterocycles. The summed E-state index contributed by atoms with van der Waals surface area (Å²) in [6.07, 6.45) is 1.66. The van der Waals surface area contributed by atoms with Crippen molar-refractivity contribution in [3.63, 3.8) is 0 Å². The van der Waals surface area contributed by atoms with Gasteiger partial charge in [0, 0.05) is 24.2 Å². The van der Waals surface area contributed by atoms with E-state index in [1.807, 2.05) is 11.8 Å². The molecule has 2 atom stereocenters. The van der Waals surface area contributed by atoms with Gasteiger partial charge in [0.25, 0.3) is 5.91 Å². The molecule has 1 aliphatic rings. The lowest BCUT2D eigenvalue weighted by atomic mass is 9.98. The first-order valence-electron chi connectivity index (χ1n) is 6.96. The molecular weight excluding hydrogens is 336 g/mol. The highest BCUT2D eigenvalue weighted by Crippen LogP contribution is 2.36. The Morgan fingerprint density at radius 1 is 1.33 bits per heavy atom. The summed E-state index contributed by atoms with van der Waals surface area (Å²) < 4.78 is 11.3. The van der Waals surface area contributed by atoms with Crippen LogP contribution in [0.15, 0.2) is 16.6 Å². The van der Waals surface area contributed by atoms with Crippen molar-refractivity contribution in [2.75, 3.05) is 20.8 Å². The maximum Gasteiger partial charge on any atom is 0.254 e. The van der Waals surface area contributed by atoms with Crippen LogP contribution in [-0.4, -0.2) is 43.7 Å². The van der Waals surface area contributed by atoms with E-state index in [1.54, 1.807) is 26.4 Å². The van der Waals surface area contributed by atoms with E-state index in [0.29, 0.717) is 28.1 Å². The van der Waals surface area contributed by atoms with Crippen molar-refractivity contribution in [2.45, 2.75) is 31.8 Å². The molecule has 2 unspecified atom stereocenters. The maximum absolute atomic E-state index is 12.7. The fraction of sp³-hybridized carbons (Fsp3) is 0.533. The lowest BCUT2D eigenvalue weighted by Crippen LogP contribution is -2.48. The first-order chi connectivity index (χ1) is 9.97. The summed E-state index contributed by atoms with van der Waals surface area (Å²) in [6.45, 7) is 2.71. The minimum atomic E-state index is -0.0153. The molecule has 2 N–H and O–H groups in total. The molecule has 2 rings (SSSR count). The Labute approximate surface area is 133 Å². The number of nitrogens with zero attached hydrogens (tertiary/aromatic N) is 1. The first-order valence-corrected chi connectivity index (χ1v) is 7.75. The lowest BCUT2D eigenvalue weighted by Gasteiger charge is -2.36. The molecule has 116 valence electrons. The predicted molar refractivity (Wildman–Crippen MR) is 85.0 cm³/mol. The molecule has 1 amide bonds. The van der Waals surface area contributed by atoms with Crippen molar-refractivity contribution < 1.29 is 14.3 Å². The van der Waals surface area contributed by atoms with Crippen molar-refractivity contribution in [1.82, 2.24) is 4.90 Å². The molecule has 21 heavy (non-hydrogen) atoms. The second-order valence-electron chi connectivity index (χ2n) is 5.33. The zero-order valence-electron chi connectivity index (χ0n) is 12.6. The number of benzene rings is 1. The average molecular weight is 357 g/mol. The van der Waals surface area contributed by atoms with Crippen LogP contribution in [-0.2, 0) is 0 Å². The van der Waals surface area contributed by atoms with Crippen LogP contribution in [0.1, 0.15) is 30.1 Å². The molecule has 0 saturated carbocycles. The zero-order chi connectivity index (χ0) is 15.6. The average Bonchev–Trinajstić information content (AvgIpc) is 2.47. The van der Waals surface area contributed by atoms with Gasteiger partial charge in [0.15, 0.2) is 0 Å². The highest BCUT2D eigenvalue weighted by atomic mass is 79.9. The van der Waals surface area contributed by atoms with Crippen molar-refractivity contribution >= 4 is 21.8 Å². The smallest absolute Gasteiger partial charge is 0.254 e. The number of halogens is 1. The highest BCUT2D eigenvalue weighted by molar-refractivity contribution is 9.10. The van der Waals surface area contributed by atoms with Gasteiger partial charge in [-0.1, -0.05) is 0 Å². The van der Waals surface area contributed by atoms with Gasteiger partial charge >= 0.3 is 0 Å². The molecule has 5 nitrogen and oxygen atoms in total. The van der Waals surface area contributed by atoms with Crippen LogP contribution in [0.2, 0.25) is 0 Å². The number of carbonyl (C=O) groups excluding carboxylic acids is 1. The van der Waals surface area contributed by atoms with Crippen molar-refractivity contribution in [1.29, 1.82) is 0 Å². The summed E-state index contributed by atoms with van der Waals surface area (Å²) in [6, 6.07) is 3.78. The number of methoxy groups -OCH3 is 2. The number of amides is 1. The third kappa shape index (κ3) is 3.32. The lowest BCUT2D eigenvalue weighted by molar-refractivity contribution is 0.0618. The Kier molecular flexibility index (Phi) is 5.11. The minimum Gasteiger partial charge on any atom is -0.495 e. The number of nitrogens with two attached hydrogens (primary N) is 1. The van der Waals surface area contributed by atoms with Gasteiger partial charge in [-0.05, 0) is 47.8 Å². The molecule has 0 aromatic heterocycles. The number of carbonyl (C=O) groups is 1. The molecular formula is C15H21BrN2O3. The Hall–Kier alpha value is -1.27. The van der Waals surface area contributed by atoms with E-state index in [-0.39, 0.29) is 18.0 Å². The fourth-order valence-electron chi connectivity index (χ4n) is 2.67. The number of rotatable bonds is 3. The fourth-order valence-corrected chi connectivity index (χ4v) is 3.22. The van der Waals surface area contributed by atoms with Gasteiger partial charge < -0.3 is 20.1 Å². The molecule has 1 aliphatic heterocycles. The SMILES string of the molecule is COc1cc(C(=O)N2CCC(N)CC2C)cc(OC)c1Br. The van der Waals surface area contributed by atoms with Gasteiger partial charge in [0.05, 0.1) is 14.2 Å². The van der Waals surface area contributed by atoms with E-state index in [9.17, 15) is 4.79 Å². The molecule has 1 aromatic carbocycles. The summed E-state index contributed by atoms with van der Waals surface area (Å²) in [7, 11) is 3.13. The third-order valence-corrected chi connectivity index (χ3v) is 4.65. The molecule has 0 spiro atoms. The Balaban J connectivity index is 2.30. The van der Waals surface area contributed by atoms with Gasteiger partial charge in [-0.15, -0.1) is 0 Å². The number of hydrogen-bond acceptors (Lipinski definition) is 4. The van der Waals surface area contributed by atoms with Crippen molar-refractivity contribution in [2.24, 2.45) is 5.73 Å². The second kappa shape index (κ2) is 6.66. The monoisotopic (exact) mass is 356 g/mol. The van der Waals surface area contributed by atoms with Gasteiger partial charge in [0.2, 0.25) is 0 Å². The van der Waals surface area contributed by atoms with Crippen LogP contribution in [0.3, 0.4) is 0 Å². The minimum absolute atomic E-state index is 0.0153. The van der Waals surface area contributed by atoms with Gasteiger partial charge in [-0.2, -0.15) is 0 Å². The summed E-state index contributed by atoms with van der Waals surface area (Å²) in [5.41, 5.74) is 6.52. The van der Waals surface area contributed by atoms with E-state index in [0.717, 1.165) is 12.8 Å². The van der Waals surface area contributed by atoms with Gasteiger partial charge in [-0.25, -0.2) is 0 Å². The largest absolute Gasteiger partial charge is 0.495 e. The quantitative estimate of drug-likeness (QED) is 0.902. The number of piperidine rings is 1. The Bertz CT molecular complexity index is 511. The summed E-state index contributed by atoms with van der Waals surface area (Å²) in [4.78, 5) is 14.6. The normalized spacial score (nSPS) is 22.0. The first kappa shape index (κ1) is 16.1. The number of likely N-dealkylation sites (tertiary alicyclic amines) is 1. The molecule has 0 bridgehead atoms. The number of hydrogen-bond donors (Lipinski definition) is 1. The van der Waals surface area contributed by atoms with Crippen LogP contribution in [0, 0.1) is 0 Å². The summed E-state index contributed by atoms with van der Waals surface area (Å²) in [5.74, 6) is 1.15. The molecule has 1 heterocycles. The van der Waals surface area contributed by atoms with Crippen LogP contribution in [0.5, 0.6) is 11.5 Å². The van der Waals surface area contributed by atoms with Crippen LogP contribution in [0.4, 0.5) is 0 Å². The third-order valence-electron chi connectivity index (χ3n) is 3.87. The number of ether oxygens (including phenoxy) is 2. The van der Waals surface area contributed by atoms with E-state index in [4.69, 9.17) is 15.2 Å². The zero-order valence-corrected chi connectivity index (χ0v) is 14.1. The van der Waals surface area contributed by atoms with E-state index in [1.165, 1.54) is 0 Å². The van der Waals surface area contributed by atoms with Crippen LogP contribution >= 0.6 is 15.9 Å². The van der Waals surface area contributed by atoms with Crippen LogP contribution in [0.25, 0.3) is 0 Å². The van der Waals surface area contributed by atoms with Crippen LogP contribution < -0.4 is 15.2 Å². The van der Waals surface area contributed by atoms with E-state index in [2.05, 4.69) is 15.9 Å². The molecule has 0 aliphatic carbocycles. The molecule has 6 heteroatoms. The van der Waals surface area contributed by atoms with Gasteiger partial charge in [0.1, 0.15) is 16.0 Å². The van der Waals surface area contributed by atoms with Crippen molar-refractivity contribution in [3.05, 3.63) is 22.2 Å². The Morgan fingerprint density at radius 2 is 1.90 bits per heavy atom. The predicted octanol–water partition coefficient (Wildman–Crippen LogP) is 2.42. The second-order valence-corrected chi connectivity index (χ2v) is 6.12. The van der Waals surface area contributed by atoms with E-state index < -0.39 is 0 Å². The molecule has 1 aromatic rings. The van der Waals surface area contributed by atoms with E-state index >= 15 is 0 Å². The standard InChI is InChI=1S/C15H21BrN2O3/c1-9-6-11(17)4-5-18(9)15(19)10-7-12(20-2)14(16)13(8-10)21-3/h7-9,11H,4-6,17H2,1-3H3. The Morgan fingerprint density at radius 3 is 2.38 bits per heavy atom. The topological polar surface area (TPSA) is 64.8 Å². The maximum atomic E-state index is 12.7. The molecule has 1 fully saturated rings. The summed E-state index contributed by atoms with van der Waals surface area (Å²) >= 11 is 3.41. The molecule has 0 radical (unpaired) electrons. The van der Waals surface area contributed by atoms with Gasteiger partial charge in [-0.3, -0.25) is 4.79 Å².